The Balaban J connectivity index is 1.29. The summed E-state index contributed by atoms with van der Waals surface area (Å²) in [5, 5.41) is 3.03. The number of amides is 1. The molecule has 0 aliphatic carbocycles. The number of nitrogens with zero attached hydrogens (tertiary/aromatic N) is 3. The summed E-state index contributed by atoms with van der Waals surface area (Å²) in [7, 11) is -3.52. The van der Waals surface area contributed by atoms with Gasteiger partial charge in [-0.3, -0.25) is 9.69 Å². The fourth-order valence-corrected chi connectivity index (χ4v) is 6.08. The quantitative estimate of drug-likeness (QED) is 0.649. The van der Waals surface area contributed by atoms with Crippen molar-refractivity contribution in [3.8, 4) is 0 Å². The number of rotatable bonds is 7. The Hall–Kier alpha value is -2.42. The van der Waals surface area contributed by atoms with Gasteiger partial charge in [0.25, 0.3) is 0 Å². The Kier molecular flexibility index (Phi) is 7.60. The number of carbonyl (C=O) groups excluding carboxylic acids is 1. The van der Waals surface area contributed by atoms with Gasteiger partial charge >= 0.3 is 0 Å². The molecule has 2 aromatic rings. The molecule has 7 nitrogen and oxygen atoms in total. The van der Waals surface area contributed by atoms with Gasteiger partial charge in [-0.05, 0) is 67.1 Å². The van der Waals surface area contributed by atoms with Crippen molar-refractivity contribution in [1.29, 1.82) is 0 Å². The van der Waals surface area contributed by atoms with Crippen LogP contribution in [-0.2, 0) is 14.8 Å². The molecule has 0 spiro atoms. The molecule has 2 heterocycles. The maximum absolute atomic E-state index is 13.0. The fourth-order valence-electron chi connectivity index (χ4n) is 4.65. The molecular formula is C26H36N4O3S. The van der Waals surface area contributed by atoms with Gasteiger partial charge in [0, 0.05) is 50.6 Å². The van der Waals surface area contributed by atoms with Crippen LogP contribution in [0.1, 0.15) is 43.7 Å². The largest absolute Gasteiger partial charge is 0.372 e. The van der Waals surface area contributed by atoms with Crippen molar-refractivity contribution in [1.82, 2.24) is 9.21 Å². The van der Waals surface area contributed by atoms with Crippen molar-refractivity contribution in [3.05, 3.63) is 53.6 Å². The first-order valence-electron chi connectivity index (χ1n) is 12.2. The summed E-state index contributed by atoms with van der Waals surface area (Å²) in [6.07, 6.45) is 2.47. The minimum Gasteiger partial charge on any atom is -0.372 e. The van der Waals surface area contributed by atoms with Crippen LogP contribution in [0.25, 0.3) is 0 Å². The number of anilines is 2. The maximum Gasteiger partial charge on any atom is 0.243 e. The van der Waals surface area contributed by atoms with Crippen LogP contribution in [0.4, 0.5) is 11.4 Å². The summed E-state index contributed by atoms with van der Waals surface area (Å²) < 4.78 is 27.6. The lowest BCUT2D eigenvalue weighted by atomic mass is 10.0. The van der Waals surface area contributed by atoms with Gasteiger partial charge in [0.1, 0.15) is 0 Å². The van der Waals surface area contributed by atoms with E-state index in [2.05, 4.69) is 36.2 Å². The number of sulfonamides is 1. The van der Waals surface area contributed by atoms with Gasteiger partial charge < -0.3 is 10.2 Å². The van der Waals surface area contributed by atoms with Crippen molar-refractivity contribution < 1.29 is 13.2 Å². The van der Waals surface area contributed by atoms with Crippen LogP contribution in [-0.4, -0.2) is 69.3 Å². The molecule has 2 fully saturated rings. The van der Waals surface area contributed by atoms with E-state index in [-0.39, 0.29) is 12.5 Å². The molecule has 0 atom stereocenters. The monoisotopic (exact) mass is 484 g/mol. The van der Waals surface area contributed by atoms with Crippen LogP contribution in [0.15, 0.2) is 47.4 Å². The second-order valence-electron chi connectivity index (χ2n) is 9.65. The van der Waals surface area contributed by atoms with Crippen molar-refractivity contribution in [2.45, 2.75) is 44.4 Å². The number of piperazine rings is 1. The number of carbonyl (C=O) groups is 1. The third-order valence-corrected chi connectivity index (χ3v) is 8.75. The van der Waals surface area contributed by atoms with E-state index in [4.69, 9.17) is 0 Å². The van der Waals surface area contributed by atoms with E-state index in [1.54, 1.807) is 12.1 Å². The zero-order chi connectivity index (χ0) is 24.3. The number of nitrogens with one attached hydrogen (secondary N) is 1. The van der Waals surface area contributed by atoms with Crippen molar-refractivity contribution in [2.24, 2.45) is 0 Å². The highest BCUT2D eigenvalue weighted by atomic mass is 32.2. The van der Waals surface area contributed by atoms with Crippen molar-refractivity contribution in [3.63, 3.8) is 0 Å². The number of aryl methyl sites for hydroxylation is 1. The smallest absolute Gasteiger partial charge is 0.243 e. The molecule has 2 saturated heterocycles. The molecule has 4 rings (SSSR count). The highest BCUT2D eigenvalue weighted by molar-refractivity contribution is 7.89. The van der Waals surface area contributed by atoms with E-state index in [0.717, 1.165) is 29.9 Å². The lowest BCUT2D eigenvalue weighted by molar-refractivity contribution is -0.117. The highest BCUT2D eigenvalue weighted by Gasteiger charge is 2.29. The van der Waals surface area contributed by atoms with E-state index < -0.39 is 10.0 Å². The van der Waals surface area contributed by atoms with Gasteiger partial charge in [0.15, 0.2) is 0 Å². The number of hydrogen-bond acceptors (Lipinski definition) is 5. The van der Waals surface area contributed by atoms with Crippen LogP contribution < -0.4 is 10.2 Å². The summed E-state index contributed by atoms with van der Waals surface area (Å²) in [6, 6.07) is 13.4. The maximum atomic E-state index is 13.0. The lowest BCUT2D eigenvalue weighted by Crippen LogP contribution is -2.50. The minimum atomic E-state index is -3.52. The van der Waals surface area contributed by atoms with Gasteiger partial charge in [-0.15, -0.1) is 0 Å². The highest BCUT2D eigenvalue weighted by Crippen LogP contribution is 2.26. The molecule has 0 unspecified atom stereocenters. The molecule has 0 saturated carbocycles. The summed E-state index contributed by atoms with van der Waals surface area (Å²) in [5.74, 6) is 0.288. The van der Waals surface area contributed by atoms with E-state index >= 15 is 0 Å². The Labute approximate surface area is 203 Å². The Morgan fingerprint density at radius 2 is 1.59 bits per heavy atom. The van der Waals surface area contributed by atoms with Crippen LogP contribution in [0, 0.1) is 6.92 Å². The molecule has 0 aromatic heterocycles. The average Bonchev–Trinajstić information content (AvgIpc) is 3.36. The Morgan fingerprint density at radius 1 is 0.941 bits per heavy atom. The van der Waals surface area contributed by atoms with Crippen LogP contribution >= 0.6 is 0 Å². The van der Waals surface area contributed by atoms with Crippen LogP contribution in [0.5, 0.6) is 0 Å². The second-order valence-corrected chi connectivity index (χ2v) is 11.6. The first-order valence-corrected chi connectivity index (χ1v) is 13.7. The topological polar surface area (TPSA) is 73.0 Å². The predicted octanol–water partition coefficient (Wildman–Crippen LogP) is 3.66. The SMILES string of the molecule is Cc1cc(N2CCCC2)ccc1NC(=O)CN1CCN(S(=O)(=O)c2ccc(C(C)C)cc2)CC1. The molecule has 34 heavy (non-hydrogen) atoms. The Bertz CT molecular complexity index is 1100. The van der Waals surface area contributed by atoms with Gasteiger partial charge in [-0.2, -0.15) is 4.31 Å². The first-order chi connectivity index (χ1) is 16.2. The van der Waals surface area contributed by atoms with E-state index in [0.29, 0.717) is 37.0 Å². The molecule has 0 bridgehead atoms. The molecule has 1 amide bonds. The minimum absolute atomic E-state index is 0.0717. The fraction of sp³-hybridized carbons (Fsp3) is 0.500. The molecule has 8 heteroatoms. The standard InChI is InChI=1S/C26H36N4O3S/c1-20(2)22-6-9-24(10-7-22)34(32,33)30-16-14-28(15-17-30)19-26(31)27-25-11-8-23(18-21(25)3)29-12-4-5-13-29/h6-11,18,20H,4-5,12-17,19H2,1-3H3,(H,27,31). The molecule has 0 radical (unpaired) electrons. The number of hydrogen-bond donors (Lipinski definition) is 1. The summed E-state index contributed by atoms with van der Waals surface area (Å²) in [6.45, 7) is 10.5. The third-order valence-electron chi connectivity index (χ3n) is 6.84. The summed E-state index contributed by atoms with van der Waals surface area (Å²) >= 11 is 0. The van der Waals surface area contributed by atoms with E-state index in [9.17, 15) is 13.2 Å². The summed E-state index contributed by atoms with van der Waals surface area (Å²) in [4.78, 5) is 17.4. The molecule has 184 valence electrons. The molecule has 1 N–H and O–H groups in total. The van der Waals surface area contributed by atoms with Gasteiger partial charge in [-0.1, -0.05) is 26.0 Å². The normalized spacial score (nSPS) is 17.9. The molecular weight excluding hydrogens is 448 g/mol. The van der Waals surface area contributed by atoms with E-state index in [1.165, 1.54) is 22.8 Å². The zero-order valence-corrected chi connectivity index (χ0v) is 21.3. The van der Waals surface area contributed by atoms with E-state index in [1.807, 2.05) is 30.0 Å². The zero-order valence-electron chi connectivity index (χ0n) is 20.5. The Morgan fingerprint density at radius 3 is 2.18 bits per heavy atom. The van der Waals surface area contributed by atoms with Gasteiger partial charge in [0.2, 0.25) is 15.9 Å². The predicted molar refractivity (Wildman–Crippen MR) is 137 cm³/mol. The molecule has 2 aliphatic rings. The van der Waals surface area contributed by atoms with Gasteiger partial charge in [0.05, 0.1) is 11.4 Å². The number of benzene rings is 2. The second kappa shape index (κ2) is 10.5. The van der Waals surface area contributed by atoms with Gasteiger partial charge in [-0.25, -0.2) is 8.42 Å². The average molecular weight is 485 g/mol. The summed E-state index contributed by atoms with van der Waals surface area (Å²) in [5.41, 5.74) is 4.22. The van der Waals surface area contributed by atoms with Crippen molar-refractivity contribution in [2.75, 3.05) is 56.0 Å². The molecule has 2 aromatic carbocycles. The first kappa shape index (κ1) is 24.7. The van der Waals surface area contributed by atoms with Crippen LogP contribution in [0.2, 0.25) is 0 Å². The van der Waals surface area contributed by atoms with Crippen molar-refractivity contribution >= 4 is 27.3 Å². The molecule has 2 aliphatic heterocycles. The third kappa shape index (κ3) is 5.62. The lowest BCUT2D eigenvalue weighted by Gasteiger charge is -2.33. The van der Waals surface area contributed by atoms with Crippen LogP contribution in [0.3, 0.4) is 0 Å².